The molecule has 0 aromatic heterocycles. The molecule has 3 atom stereocenters. The monoisotopic (exact) mass is 365 g/mol. The number of morpholine rings is 1. The molecule has 0 radical (unpaired) electrons. The van der Waals surface area contributed by atoms with E-state index in [1.807, 2.05) is 13.8 Å². The Morgan fingerprint density at radius 1 is 1.42 bits per heavy atom. The number of aliphatic imine (C=N–C) groups is 1. The highest BCUT2D eigenvalue weighted by Gasteiger charge is 2.28. The first-order chi connectivity index (χ1) is 12.4. The number of methoxy groups -OCH3 is 1. The zero-order valence-corrected chi connectivity index (χ0v) is 15.9. The van der Waals surface area contributed by atoms with Gasteiger partial charge in [0, 0.05) is 13.1 Å². The maximum atomic E-state index is 13.2. The summed E-state index contributed by atoms with van der Waals surface area (Å²) >= 11 is 0. The Morgan fingerprint density at radius 3 is 2.73 bits per heavy atom. The van der Waals surface area contributed by atoms with Crippen LogP contribution in [-0.2, 0) is 14.3 Å². The topological polar surface area (TPSA) is 63.2 Å². The average molecular weight is 365 g/mol. The van der Waals surface area contributed by atoms with Gasteiger partial charge in [0.15, 0.2) is 5.96 Å². The fourth-order valence-corrected chi connectivity index (χ4v) is 2.91. The van der Waals surface area contributed by atoms with Gasteiger partial charge in [0.25, 0.3) is 0 Å². The molecule has 0 aliphatic carbocycles. The maximum Gasteiger partial charge on any atom is 0.310 e. The fraction of sp³-hybridized carbons (Fsp3) is 0.579. The predicted octanol–water partition coefficient (Wildman–Crippen LogP) is 2.36. The van der Waals surface area contributed by atoms with E-state index < -0.39 is 0 Å². The average Bonchev–Trinajstić information content (AvgIpc) is 2.64. The first-order valence-corrected chi connectivity index (χ1v) is 8.96. The molecule has 1 aromatic rings. The number of hydrogen-bond acceptors (Lipinski definition) is 4. The second kappa shape index (κ2) is 9.52. The molecular formula is C19H28FN3O3. The van der Waals surface area contributed by atoms with Crippen molar-refractivity contribution in [3.63, 3.8) is 0 Å². The Hall–Kier alpha value is -2.15. The van der Waals surface area contributed by atoms with Crippen LogP contribution in [0.2, 0.25) is 0 Å². The van der Waals surface area contributed by atoms with E-state index >= 15 is 0 Å². The molecule has 1 aliphatic rings. The van der Waals surface area contributed by atoms with Crippen LogP contribution in [0, 0.1) is 11.7 Å². The van der Waals surface area contributed by atoms with E-state index in [9.17, 15) is 9.18 Å². The molecule has 1 N–H and O–H groups in total. The number of benzene rings is 1. The number of hydrogen-bond donors (Lipinski definition) is 1. The normalized spacial score (nSPS) is 22.0. The van der Waals surface area contributed by atoms with Crippen LogP contribution in [0.15, 0.2) is 29.3 Å². The standard InChI is InChI=1S/C19H28FN3O3/c1-5-21-19(22-10-13(2)18(24)25-4)23-11-14(3)26-17(12-23)15-6-8-16(20)9-7-15/h6-9,13-14,17H,5,10-12H2,1-4H3,(H,21,22). The van der Waals surface area contributed by atoms with Gasteiger partial charge in [-0.05, 0) is 31.5 Å². The van der Waals surface area contributed by atoms with Gasteiger partial charge in [-0.3, -0.25) is 9.79 Å². The van der Waals surface area contributed by atoms with Crippen LogP contribution in [0.3, 0.4) is 0 Å². The number of nitrogens with one attached hydrogen (secondary N) is 1. The summed E-state index contributed by atoms with van der Waals surface area (Å²) in [5.74, 6) is -0.101. The van der Waals surface area contributed by atoms with E-state index in [4.69, 9.17) is 9.47 Å². The number of halogens is 1. The minimum atomic E-state index is -0.306. The van der Waals surface area contributed by atoms with Gasteiger partial charge in [0.05, 0.1) is 32.2 Å². The molecule has 1 fully saturated rings. The van der Waals surface area contributed by atoms with Crippen molar-refractivity contribution >= 4 is 11.9 Å². The third kappa shape index (κ3) is 5.42. The van der Waals surface area contributed by atoms with Gasteiger partial charge in [0.2, 0.25) is 0 Å². The molecule has 1 heterocycles. The van der Waals surface area contributed by atoms with Gasteiger partial charge in [-0.15, -0.1) is 0 Å². The smallest absolute Gasteiger partial charge is 0.310 e. The van der Waals surface area contributed by atoms with Gasteiger partial charge >= 0.3 is 5.97 Å². The Morgan fingerprint density at radius 2 is 2.12 bits per heavy atom. The van der Waals surface area contributed by atoms with E-state index in [0.717, 1.165) is 18.1 Å². The number of esters is 1. The molecule has 1 aliphatic heterocycles. The van der Waals surface area contributed by atoms with Crippen molar-refractivity contribution < 1.29 is 18.7 Å². The van der Waals surface area contributed by atoms with Gasteiger partial charge in [-0.25, -0.2) is 4.39 Å². The van der Waals surface area contributed by atoms with Crippen molar-refractivity contribution in [1.29, 1.82) is 0 Å². The van der Waals surface area contributed by atoms with E-state index in [-0.39, 0.29) is 29.9 Å². The second-order valence-corrected chi connectivity index (χ2v) is 6.51. The number of ether oxygens (including phenoxy) is 2. The second-order valence-electron chi connectivity index (χ2n) is 6.51. The minimum absolute atomic E-state index is 0.000639. The number of guanidine groups is 1. The summed E-state index contributed by atoms with van der Waals surface area (Å²) in [5.41, 5.74) is 0.932. The number of carbonyl (C=O) groups excluding carboxylic acids is 1. The Bertz CT molecular complexity index is 621. The van der Waals surface area contributed by atoms with Crippen LogP contribution in [0.4, 0.5) is 4.39 Å². The molecule has 0 spiro atoms. The van der Waals surface area contributed by atoms with E-state index in [2.05, 4.69) is 15.2 Å². The predicted molar refractivity (Wildman–Crippen MR) is 98.4 cm³/mol. The molecule has 1 saturated heterocycles. The molecular weight excluding hydrogens is 337 g/mol. The number of nitrogens with zero attached hydrogens (tertiary/aromatic N) is 2. The van der Waals surface area contributed by atoms with Crippen molar-refractivity contribution in [2.24, 2.45) is 10.9 Å². The number of rotatable bonds is 5. The molecule has 0 amide bonds. The van der Waals surface area contributed by atoms with Crippen LogP contribution in [0.1, 0.15) is 32.4 Å². The third-order valence-corrected chi connectivity index (χ3v) is 4.25. The summed E-state index contributed by atoms with van der Waals surface area (Å²) in [6.45, 7) is 8.16. The van der Waals surface area contributed by atoms with Crippen LogP contribution in [0.5, 0.6) is 0 Å². The van der Waals surface area contributed by atoms with Gasteiger partial charge in [0.1, 0.15) is 11.9 Å². The molecule has 3 unspecified atom stereocenters. The maximum absolute atomic E-state index is 13.2. The Kier molecular flexibility index (Phi) is 7.38. The quantitative estimate of drug-likeness (QED) is 0.493. The van der Waals surface area contributed by atoms with Gasteiger partial charge in [-0.1, -0.05) is 19.1 Å². The number of carbonyl (C=O) groups is 1. The summed E-state index contributed by atoms with van der Waals surface area (Å²) < 4.78 is 24.0. The molecule has 144 valence electrons. The van der Waals surface area contributed by atoms with Crippen LogP contribution >= 0.6 is 0 Å². The van der Waals surface area contributed by atoms with Crippen molar-refractivity contribution in [2.75, 3.05) is 33.3 Å². The van der Waals surface area contributed by atoms with Crippen molar-refractivity contribution in [2.45, 2.75) is 33.0 Å². The van der Waals surface area contributed by atoms with Crippen molar-refractivity contribution in [3.05, 3.63) is 35.6 Å². The fourth-order valence-electron chi connectivity index (χ4n) is 2.91. The Balaban J connectivity index is 2.13. The van der Waals surface area contributed by atoms with Crippen LogP contribution in [0.25, 0.3) is 0 Å². The largest absolute Gasteiger partial charge is 0.469 e. The lowest BCUT2D eigenvalue weighted by Gasteiger charge is -2.38. The van der Waals surface area contributed by atoms with Gasteiger partial charge < -0.3 is 19.7 Å². The summed E-state index contributed by atoms with van der Waals surface area (Å²) in [6.07, 6.45) is -0.165. The lowest BCUT2D eigenvalue weighted by molar-refractivity contribution is -0.144. The molecule has 7 heteroatoms. The molecule has 0 bridgehead atoms. The molecule has 6 nitrogen and oxygen atoms in total. The highest BCUT2D eigenvalue weighted by Crippen LogP contribution is 2.25. The molecule has 2 rings (SSSR count). The summed E-state index contributed by atoms with van der Waals surface area (Å²) in [4.78, 5) is 18.3. The van der Waals surface area contributed by atoms with Gasteiger partial charge in [-0.2, -0.15) is 0 Å². The summed E-state index contributed by atoms with van der Waals surface area (Å²) in [7, 11) is 1.38. The van der Waals surface area contributed by atoms with Crippen molar-refractivity contribution in [3.8, 4) is 0 Å². The highest BCUT2D eigenvalue weighted by molar-refractivity contribution is 5.80. The first-order valence-electron chi connectivity index (χ1n) is 8.96. The van der Waals surface area contributed by atoms with Crippen LogP contribution in [-0.4, -0.2) is 56.2 Å². The van der Waals surface area contributed by atoms with E-state index in [1.165, 1.54) is 19.2 Å². The third-order valence-electron chi connectivity index (χ3n) is 4.25. The lowest BCUT2D eigenvalue weighted by Crippen LogP contribution is -2.51. The zero-order chi connectivity index (χ0) is 19.1. The zero-order valence-electron chi connectivity index (χ0n) is 15.9. The summed E-state index contributed by atoms with van der Waals surface area (Å²) in [6, 6.07) is 6.39. The molecule has 26 heavy (non-hydrogen) atoms. The first kappa shape index (κ1) is 20.2. The lowest BCUT2D eigenvalue weighted by atomic mass is 10.1. The molecule has 0 saturated carbocycles. The van der Waals surface area contributed by atoms with E-state index in [1.54, 1.807) is 19.1 Å². The minimum Gasteiger partial charge on any atom is -0.469 e. The highest BCUT2D eigenvalue weighted by atomic mass is 19.1. The van der Waals surface area contributed by atoms with Crippen LogP contribution < -0.4 is 5.32 Å². The van der Waals surface area contributed by atoms with Crippen molar-refractivity contribution in [1.82, 2.24) is 10.2 Å². The summed E-state index contributed by atoms with van der Waals surface area (Å²) in [5, 5.41) is 3.27. The SMILES string of the molecule is CCNC(=NCC(C)C(=O)OC)N1CC(C)OC(c2ccc(F)cc2)C1. The molecule has 1 aromatic carbocycles. The Labute approximate surface area is 154 Å². The van der Waals surface area contributed by atoms with E-state index in [0.29, 0.717) is 19.6 Å².